The number of carbonyl (C=O) groups excluding carboxylic acids is 1. The molecule has 0 fully saturated rings. The second-order valence-electron chi connectivity index (χ2n) is 6.11. The third-order valence-electron chi connectivity index (χ3n) is 3.47. The van der Waals surface area contributed by atoms with E-state index < -0.39 is 0 Å². The lowest BCUT2D eigenvalue weighted by molar-refractivity contribution is 0.102. The van der Waals surface area contributed by atoms with Gasteiger partial charge in [0.2, 0.25) is 0 Å². The number of nitrogens with one attached hydrogen (secondary N) is 1. The van der Waals surface area contributed by atoms with Crippen molar-refractivity contribution >= 4 is 11.6 Å². The molecule has 0 aromatic heterocycles. The van der Waals surface area contributed by atoms with Crippen molar-refractivity contribution in [1.82, 2.24) is 0 Å². The molecule has 0 saturated carbocycles. The van der Waals surface area contributed by atoms with E-state index in [0.717, 1.165) is 16.8 Å². The molecule has 110 valence electrons. The van der Waals surface area contributed by atoms with Crippen LogP contribution in [0.5, 0.6) is 0 Å². The van der Waals surface area contributed by atoms with Crippen LogP contribution in [0.3, 0.4) is 0 Å². The van der Waals surface area contributed by atoms with E-state index in [1.807, 2.05) is 48.5 Å². The van der Waals surface area contributed by atoms with Crippen molar-refractivity contribution in [3.63, 3.8) is 0 Å². The Kier molecular flexibility index (Phi) is 4.43. The van der Waals surface area contributed by atoms with Crippen molar-refractivity contribution in [2.24, 2.45) is 5.73 Å². The summed E-state index contributed by atoms with van der Waals surface area (Å²) in [7, 11) is 0. The van der Waals surface area contributed by atoms with E-state index in [1.54, 1.807) is 0 Å². The maximum absolute atomic E-state index is 12.6. The van der Waals surface area contributed by atoms with Crippen LogP contribution in [-0.4, -0.2) is 5.91 Å². The minimum atomic E-state index is -0.0959. The van der Waals surface area contributed by atoms with Crippen LogP contribution in [-0.2, 0) is 12.0 Å². The number of benzene rings is 2. The van der Waals surface area contributed by atoms with Gasteiger partial charge >= 0.3 is 0 Å². The SMILES string of the molecule is CC(C)(C)c1ccccc1C(=O)Nc1ccccc1CN. The molecule has 3 heteroatoms. The summed E-state index contributed by atoms with van der Waals surface area (Å²) >= 11 is 0. The maximum atomic E-state index is 12.6. The summed E-state index contributed by atoms with van der Waals surface area (Å²) in [4.78, 5) is 12.6. The number of para-hydroxylation sites is 1. The van der Waals surface area contributed by atoms with Crippen LogP contribution >= 0.6 is 0 Å². The average molecular weight is 282 g/mol. The molecule has 2 aromatic rings. The molecule has 0 atom stereocenters. The van der Waals surface area contributed by atoms with E-state index >= 15 is 0 Å². The van der Waals surface area contributed by atoms with E-state index in [1.165, 1.54) is 0 Å². The fourth-order valence-electron chi connectivity index (χ4n) is 2.35. The number of carbonyl (C=O) groups is 1. The Balaban J connectivity index is 2.34. The predicted molar refractivity (Wildman–Crippen MR) is 87.4 cm³/mol. The van der Waals surface area contributed by atoms with Gasteiger partial charge in [-0.15, -0.1) is 0 Å². The zero-order chi connectivity index (χ0) is 15.5. The molecular weight excluding hydrogens is 260 g/mol. The lowest BCUT2D eigenvalue weighted by atomic mass is 9.83. The van der Waals surface area contributed by atoms with Gasteiger partial charge in [-0.2, -0.15) is 0 Å². The zero-order valence-electron chi connectivity index (χ0n) is 12.8. The van der Waals surface area contributed by atoms with Gasteiger partial charge < -0.3 is 11.1 Å². The fraction of sp³-hybridized carbons (Fsp3) is 0.278. The Hall–Kier alpha value is -2.13. The number of hydrogen-bond donors (Lipinski definition) is 2. The van der Waals surface area contributed by atoms with Crippen LogP contribution in [0.2, 0.25) is 0 Å². The van der Waals surface area contributed by atoms with Crippen LogP contribution < -0.4 is 11.1 Å². The molecule has 0 aliphatic carbocycles. The van der Waals surface area contributed by atoms with Gasteiger partial charge in [0.05, 0.1) is 0 Å². The molecule has 3 N–H and O–H groups in total. The highest BCUT2D eigenvalue weighted by Gasteiger charge is 2.21. The van der Waals surface area contributed by atoms with Gasteiger partial charge in [0, 0.05) is 17.8 Å². The van der Waals surface area contributed by atoms with Crippen LogP contribution in [0.1, 0.15) is 42.3 Å². The Morgan fingerprint density at radius 3 is 2.33 bits per heavy atom. The summed E-state index contributed by atoms with van der Waals surface area (Å²) in [5, 5.41) is 2.97. The quantitative estimate of drug-likeness (QED) is 0.902. The monoisotopic (exact) mass is 282 g/mol. The minimum Gasteiger partial charge on any atom is -0.326 e. The summed E-state index contributed by atoms with van der Waals surface area (Å²) < 4.78 is 0. The van der Waals surface area contributed by atoms with Gasteiger partial charge in [-0.1, -0.05) is 57.2 Å². The molecule has 0 radical (unpaired) electrons. The summed E-state index contributed by atoms with van der Waals surface area (Å²) in [5.74, 6) is -0.0959. The van der Waals surface area contributed by atoms with E-state index in [0.29, 0.717) is 12.1 Å². The topological polar surface area (TPSA) is 55.1 Å². The third kappa shape index (κ3) is 3.50. The number of amides is 1. The van der Waals surface area contributed by atoms with Crippen molar-refractivity contribution in [3.05, 3.63) is 65.2 Å². The average Bonchev–Trinajstić information content (AvgIpc) is 2.47. The molecular formula is C18H22N2O. The van der Waals surface area contributed by atoms with Crippen molar-refractivity contribution in [2.45, 2.75) is 32.7 Å². The first-order valence-electron chi connectivity index (χ1n) is 7.12. The maximum Gasteiger partial charge on any atom is 0.255 e. The van der Waals surface area contributed by atoms with Gasteiger partial charge in [-0.3, -0.25) is 4.79 Å². The number of nitrogens with two attached hydrogens (primary N) is 1. The summed E-state index contributed by atoms with van der Waals surface area (Å²) in [6.45, 7) is 6.71. The summed E-state index contributed by atoms with van der Waals surface area (Å²) in [5.41, 5.74) is 9.07. The highest BCUT2D eigenvalue weighted by atomic mass is 16.1. The van der Waals surface area contributed by atoms with Crippen molar-refractivity contribution in [1.29, 1.82) is 0 Å². The molecule has 2 rings (SSSR count). The highest BCUT2D eigenvalue weighted by molar-refractivity contribution is 6.05. The lowest BCUT2D eigenvalue weighted by Gasteiger charge is -2.22. The molecule has 2 aromatic carbocycles. The summed E-state index contributed by atoms with van der Waals surface area (Å²) in [6, 6.07) is 15.3. The van der Waals surface area contributed by atoms with Crippen molar-refractivity contribution < 1.29 is 4.79 Å². The van der Waals surface area contributed by atoms with Gasteiger partial charge in [0.25, 0.3) is 5.91 Å². The smallest absolute Gasteiger partial charge is 0.255 e. The van der Waals surface area contributed by atoms with Crippen LogP contribution in [0.4, 0.5) is 5.69 Å². The fourth-order valence-corrected chi connectivity index (χ4v) is 2.35. The molecule has 0 bridgehead atoms. The van der Waals surface area contributed by atoms with Crippen LogP contribution in [0, 0.1) is 0 Å². The molecule has 0 saturated heterocycles. The molecule has 0 aliphatic rings. The first-order valence-corrected chi connectivity index (χ1v) is 7.12. The Morgan fingerprint density at radius 1 is 1.05 bits per heavy atom. The number of anilines is 1. The molecule has 3 nitrogen and oxygen atoms in total. The van der Waals surface area contributed by atoms with Crippen molar-refractivity contribution in [3.8, 4) is 0 Å². The molecule has 0 unspecified atom stereocenters. The van der Waals surface area contributed by atoms with Crippen LogP contribution in [0.25, 0.3) is 0 Å². The normalized spacial score (nSPS) is 11.2. The van der Waals surface area contributed by atoms with Crippen LogP contribution in [0.15, 0.2) is 48.5 Å². The van der Waals surface area contributed by atoms with Gasteiger partial charge in [-0.05, 0) is 28.7 Å². The highest BCUT2D eigenvalue weighted by Crippen LogP contribution is 2.26. The minimum absolute atomic E-state index is 0.0820. The molecule has 0 spiro atoms. The first kappa shape index (κ1) is 15.3. The molecule has 21 heavy (non-hydrogen) atoms. The Morgan fingerprint density at radius 2 is 1.67 bits per heavy atom. The van der Waals surface area contributed by atoms with Gasteiger partial charge in [0.15, 0.2) is 0 Å². The first-order chi connectivity index (χ1) is 9.93. The van der Waals surface area contributed by atoms with Gasteiger partial charge in [-0.25, -0.2) is 0 Å². The van der Waals surface area contributed by atoms with Crippen molar-refractivity contribution in [2.75, 3.05) is 5.32 Å². The number of hydrogen-bond acceptors (Lipinski definition) is 2. The Labute approximate surface area is 126 Å². The second-order valence-corrected chi connectivity index (χ2v) is 6.11. The Bertz CT molecular complexity index is 642. The second kappa shape index (κ2) is 6.10. The van der Waals surface area contributed by atoms with E-state index in [-0.39, 0.29) is 11.3 Å². The zero-order valence-corrected chi connectivity index (χ0v) is 12.8. The van der Waals surface area contributed by atoms with E-state index in [9.17, 15) is 4.79 Å². The molecule has 0 aliphatic heterocycles. The lowest BCUT2D eigenvalue weighted by Crippen LogP contribution is -2.21. The predicted octanol–water partition coefficient (Wildman–Crippen LogP) is 3.70. The molecule has 0 heterocycles. The summed E-state index contributed by atoms with van der Waals surface area (Å²) in [6.07, 6.45) is 0. The van der Waals surface area contributed by atoms with E-state index in [2.05, 4.69) is 26.1 Å². The van der Waals surface area contributed by atoms with E-state index in [4.69, 9.17) is 5.73 Å². The third-order valence-corrected chi connectivity index (χ3v) is 3.47. The largest absolute Gasteiger partial charge is 0.326 e. The molecule has 1 amide bonds. The number of rotatable bonds is 3. The van der Waals surface area contributed by atoms with Gasteiger partial charge in [0.1, 0.15) is 0 Å². The standard InChI is InChI=1S/C18H22N2O/c1-18(2,3)15-10-6-5-9-14(15)17(21)20-16-11-7-4-8-13(16)12-19/h4-11H,12,19H2,1-3H3,(H,20,21).